The van der Waals surface area contributed by atoms with Gasteiger partial charge in [-0.05, 0) is 13.3 Å². The summed E-state index contributed by atoms with van der Waals surface area (Å²) in [4.78, 5) is 11.5. The van der Waals surface area contributed by atoms with E-state index in [1.807, 2.05) is 0 Å². The molecule has 0 radical (unpaired) electrons. The van der Waals surface area contributed by atoms with Crippen LogP contribution in [0.3, 0.4) is 0 Å². The molecule has 1 unspecified atom stereocenters. The van der Waals surface area contributed by atoms with Crippen molar-refractivity contribution in [2.75, 3.05) is 19.8 Å². The molecule has 0 aliphatic carbocycles. The fourth-order valence-electron chi connectivity index (χ4n) is 1.53. The molecule has 1 aromatic rings. The summed E-state index contributed by atoms with van der Waals surface area (Å²) < 4.78 is 6.81. The highest BCUT2D eigenvalue weighted by molar-refractivity contribution is 5.77. The molecule has 0 saturated heterocycles. The number of unbranched alkanes of at least 4 members (excludes halogenated alkanes) is 1. The number of hydrogen-bond acceptors (Lipinski definition) is 4. The van der Waals surface area contributed by atoms with Crippen molar-refractivity contribution in [1.82, 2.24) is 15.1 Å². The van der Waals surface area contributed by atoms with Crippen LogP contribution in [-0.4, -0.2) is 40.6 Å². The van der Waals surface area contributed by atoms with Gasteiger partial charge in [-0.2, -0.15) is 5.10 Å². The standard InChI is InChI=1S/C13H23N3O3/c1-4-5-6-19-9-12(17)14-10-13(2,18)11-7-15-16(3)8-11/h7-8,18H,4-6,9-10H2,1-3H3,(H,14,17). The molecule has 1 rings (SSSR count). The van der Waals surface area contributed by atoms with E-state index in [-0.39, 0.29) is 19.1 Å². The van der Waals surface area contributed by atoms with E-state index in [1.54, 1.807) is 31.0 Å². The van der Waals surface area contributed by atoms with Crippen LogP contribution in [0.2, 0.25) is 0 Å². The number of ether oxygens (including phenoxy) is 1. The van der Waals surface area contributed by atoms with Crippen molar-refractivity contribution in [2.45, 2.75) is 32.3 Å². The molecule has 0 aliphatic rings. The molecule has 108 valence electrons. The molecule has 0 aromatic carbocycles. The molecule has 19 heavy (non-hydrogen) atoms. The number of aryl methyl sites for hydroxylation is 1. The minimum absolute atomic E-state index is 0.0309. The Labute approximate surface area is 113 Å². The van der Waals surface area contributed by atoms with Gasteiger partial charge in [-0.1, -0.05) is 13.3 Å². The zero-order valence-electron chi connectivity index (χ0n) is 11.8. The molecular formula is C13H23N3O3. The quantitative estimate of drug-likeness (QED) is 0.676. The Morgan fingerprint density at radius 3 is 2.95 bits per heavy atom. The molecule has 0 fully saturated rings. The number of hydrogen-bond donors (Lipinski definition) is 2. The highest BCUT2D eigenvalue weighted by Gasteiger charge is 2.25. The molecule has 6 heteroatoms. The van der Waals surface area contributed by atoms with Crippen molar-refractivity contribution in [2.24, 2.45) is 7.05 Å². The number of nitrogens with one attached hydrogen (secondary N) is 1. The molecule has 1 atom stereocenters. The first-order valence-electron chi connectivity index (χ1n) is 6.51. The van der Waals surface area contributed by atoms with Crippen LogP contribution in [-0.2, 0) is 22.2 Å². The maximum Gasteiger partial charge on any atom is 0.246 e. The average molecular weight is 269 g/mol. The summed E-state index contributed by atoms with van der Waals surface area (Å²) in [6.07, 6.45) is 5.30. The topological polar surface area (TPSA) is 76.4 Å². The van der Waals surface area contributed by atoms with Crippen molar-refractivity contribution >= 4 is 5.91 Å². The second-order valence-electron chi connectivity index (χ2n) is 4.86. The summed E-state index contributed by atoms with van der Waals surface area (Å²) in [6, 6.07) is 0. The normalized spacial score (nSPS) is 14.1. The van der Waals surface area contributed by atoms with Gasteiger partial charge in [0.25, 0.3) is 0 Å². The number of aliphatic hydroxyl groups is 1. The van der Waals surface area contributed by atoms with Crippen LogP contribution in [0.25, 0.3) is 0 Å². The summed E-state index contributed by atoms with van der Waals surface area (Å²) in [5, 5.41) is 16.9. The average Bonchev–Trinajstić information content (AvgIpc) is 2.80. The predicted octanol–water partition coefficient (Wildman–Crippen LogP) is 0.560. The third-order valence-electron chi connectivity index (χ3n) is 2.83. The lowest BCUT2D eigenvalue weighted by atomic mass is 10.00. The Hall–Kier alpha value is -1.40. The molecule has 2 N–H and O–H groups in total. The number of carbonyl (C=O) groups excluding carboxylic acids is 1. The van der Waals surface area contributed by atoms with Gasteiger partial charge in [0.05, 0.1) is 12.7 Å². The van der Waals surface area contributed by atoms with Gasteiger partial charge in [-0.25, -0.2) is 0 Å². The number of rotatable bonds is 8. The Morgan fingerprint density at radius 2 is 2.37 bits per heavy atom. The lowest BCUT2D eigenvalue weighted by molar-refractivity contribution is -0.126. The summed E-state index contributed by atoms with van der Waals surface area (Å²) in [5.41, 5.74) is -0.463. The van der Waals surface area contributed by atoms with Crippen LogP contribution in [0.15, 0.2) is 12.4 Å². The molecule has 0 bridgehead atoms. The lowest BCUT2D eigenvalue weighted by Gasteiger charge is -2.22. The third-order valence-corrected chi connectivity index (χ3v) is 2.83. The van der Waals surface area contributed by atoms with Gasteiger partial charge in [0.2, 0.25) is 5.91 Å². The van der Waals surface area contributed by atoms with Crippen LogP contribution < -0.4 is 5.32 Å². The van der Waals surface area contributed by atoms with Gasteiger partial charge >= 0.3 is 0 Å². The van der Waals surface area contributed by atoms with Crippen LogP contribution in [0, 0.1) is 0 Å². The van der Waals surface area contributed by atoms with E-state index in [0.717, 1.165) is 12.8 Å². The third kappa shape index (κ3) is 5.40. The number of amides is 1. The van der Waals surface area contributed by atoms with Crippen LogP contribution >= 0.6 is 0 Å². The van der Waals surface area contributed by atoms with E-state index in [9.17, 15) is 9.90 Å². The molecule has 0 spiro atoms. The molecule has 6 nitrogen and oxygen atoms in total. The number of aromatic nitrogens is 2. The van der Waals surface area contributed by atoms with Gasteiger partial charge in [0, 0.05) is 25.4 Å². The van der Waals surface area contributed by atoms with E-state index in [4.69, 9.17) is 4.74 Å². The van der Waals surface area contributed by atoms with E-state index >= 15 is 0 Å². The van der Waals surface area contributed by atoms with Crippen LogP contribution in [0.5, 0.6) is 0 Å². The summed E-state index contributed by atoms with van der Waals surface area (Å²) in [6.45, 7) is 4.46. The van der Waals surface area contributed by atoms with Crippen LogP contribution in [0.4, 0.5) is 0 Å². The number of carbonyl (C=O) groups is 1. The largest absolute Gasteiger partial charge is 0.383 e. The van der Waals surface area contributed by atoms with E-state index in [0.29, 0.717) is 12.2 Å². The molecule has 1 heterocycles. The smallest absolute Gasteiger partial charge is 0.246 e. The van der Waals surface area contributed by atoms with Crippen molar-refractivity contribution in [3.8, 4) is 0 Å². The van der Waals surface area contributed by atoms with Crippen molar-refractivity contribution in [1.29, 1.82) is 0 Å². The van der Waals surface area contributed by atoms with E-state index in [2.05, 4.69) is 17.3 Å². The molecule has 1 amide bonds. The Morgan fingerprint density at radius 1 is 1.63 bits per heavy atom. The maximum atomic E-state index is 11.5. The van der Waals surface area contributed by atoms with Gasteiger partial charge in [-0.3, -0.25) is 9.48 Å². The fourth-order valence-corrected chi connectivity index (χ4v) is 1.53. The lowest BCUT2D eigenvalue weighted by Crippen LogP contribution is -2.40. The first-order valence-corrected chi connectivity index (χ1v) is 6.51. The molecule has 0 aliphatic heterocycles. The Kier molecular flexibility index (Phi) is 5.98. The highest BCUT2D eigenvalue weighted by Crippen LogP contribution is 2.18. The Bertz CT molecular complexity index is 402. The van der Waals surface area contributed by atoms with Gasteiger partial charge in [0.1, 0.15) is 12.2 Å². The summed E-state index contributed by atoms with van der Waals surface area (Å²) in [5.74, 6) is -0.222. The first kappa shape index (κ1) is 15.7. The zero-order valence-corrected chi connectivity index (χ0v) is 11.8. The Balaban J connectivity index is 2.32. The van der Waals surface area contributed by atoms with Crippen molar-refractivity contribution in [3.63, 3.8) is 0 Å². The highest BCUT2D eigenvalue weighted by atomic mass is 16.5. The minimum Gasteiger partial charge on any atom is -0.383 e. The SMILES string of the molecule is CCCCOCC(=O)NCC(C)(O)c1cnn(C)c1. The minimum atomic E-state index is -1.13. The van der Waals surface area contributed by atoms with Crippen molar-refractivity contribution in [3.05, 3.63) is 18.0 Å². The predicted molar refractivity (Wildman–Crippen MR) is 71.5 cm³/mol. The summed E-state index contributed by atoms with van der Waals surface area (Å²) >= 11 is 0. The maximum absolute atomic E-state index is 11.5. The molecule has 0 saturated carbocycles. The monoisotopic (exact) mass is 269 g/mol. The van der Waals surface area contributed by atoms with E-state index in [1.165, 1.54) is 0 Å². The van der Waals surface area contributed by atoms with Gasteiger partial charge in [-0.15, -0.1) is 0 Å². The van der Waals surface area contributed by atoms with Gasteiger partial charge < -0.3 is 15.2 Å². The zero-order chi connectivity index (χ0) is 14.3. The second kappa shape index (κ2) is 7.25. The molecular weight excluding hydrogens is 246 g/mol. The molecule has 1 aromatic heterocycles. The van der Waals surface area contributed by atoms with Gasteiger partial charge in [0.15, 0.2) is 0 Å². The summed E-state index contributed by atoms with van der Waals surface area (Å²) in [7, 11) is 1.78. The first-order chi connectivity index (χ1) is 8.95. The number of nitrogens with zero attached hydrogens (tertiary/aromatic N) is 2. The fraction of sp³-hybridized carbons (Fsp3) is 0.692. The van der Waals surface area contributed by atoms with Crippen LogP contribution in [0.1, 0.15) is 32.3 Å². The second-order valence-corrected chi connectivity index (χ2v) is 4.86. The van der Waals surface area contributed by atoms with Crippen molar-refractivity contribution < 1.29 is 14.6 Å². The van der Waals surface area contributed by atoms with E-state index < -0.39 is 5.60 Å².